The van der Waals surface area contributed by atoms with E-state index in [0.717, 1.165) is 29.3 Å². The molecule has 142 valence electrons. The summed E-state index contributed by atoms with van der Waals surface area (Å²) in [5.41, 5.74) is 4.98. The van der Waals surface area contributed by atoms with E-state index in [9.17, 15) is 4.79 Å². The highest BCUT2D eigenvalue weighted by Crippen LogP contribution is 2.21. The van der Waals surface area contributed by atoms with Gasteiger partial charge in [0.1, 0.15) is 12.4 Å². The van der Waals surface area contributed by atoms with E-state index in [1.54, 1.807) is 6.26 Å². The smallest absolute Gasteiger partial charge is 0.253 e. The van der Waals surface area contributed by atoms with E-state index >= 15 is 0 Å². The minimum absolute atomic E-state index is 0.0481. The van der Waals surface area contributed by atoms with Crippen LogP contribution in [-0.4, -0.2) is 23.6 Å². The van der Waals surface area contributed by atoms with Gasteiger partial charge >= 0.3 is 0 Å². The predicted molar refractivity (Wildman–Crippen MR) is 105 cm³/mol. The van der Waals surface area contributed by atoms with Crippen molar-refractivity contribution in [3.63, 3.8) is 0 Å². The number of aryl methyl sites for hydroxylation is 2. The van der Waals surface area contributed by atoms with Crippen LogP contribution in [0.25, 0.3) is 5.69 Å². The number of nitrogens with zero attached hydrogens (tertiary/aromatic N) is 1. The first kappa shape index (κ1) is 19.0. The Labute approximate surface area is 160 Å². The molecule has 1 amide bonds. The first-order chi connectivity index (χ1) is 13.1. The number of carbonyl (C=O) groups excluding carboxylic acids is 1. The van der Waals surface area contributed by atoms with Gasteiger partial charge in [-0.25, -0.2) is 0 Å². The van der Waals surface area contributed by atoms with E-state index in [4.69, 9.17) is 9.15 Å². The second-order valence-corrected chi connectivity index (χ2v) is 6.70. The van der Waals surface area contributed by atoms with Crippen molar-refractivity contribution in [1.82, 2.24) is 9.88 Å². The molecular weight excluding hydrogens is 340 g/mol. The third kappa shape index (κ3) is 4.68. The topological polar surface area (TPSA) is 56.4 Å². The number of benzene rings is 1. The van der Waals surface area contributed by atoms with Gasteiger partial charge in [0.05, 0.1) is 11.8 Å². The van der Waals surface area contributed by atoms with Crippen LogP contribution in [0, 0.1) is 20.8 Å². The molecule has 5 nitrogen and oxygen atoms in total. The van der Waals surface area contributed by atoms with Gasteiger partial charge in [0.2, 0.25) is 0 Å². The predicted octanol–water partition coefficient (Wildman–Crippen LogP) is 4.33. The van der Waals surface area contributed by atoms with Crippen LogP contribution < -0.4 is 5.32 Å². The number of hydrogen-bond acceptors (Lipinski definition) is 3. The summed E-state index contributed by atoms with van der Waals surface area (Å²) in [6.45, 7) is 7.68. The van der Waals surface area contributed by atoms with Crippen LogP contribution in [0.4, 0.5) is 0 Å². The highest BCUT2D eigenvalue weighted by Gasteiger charge is 2.16. The second-order valence-electron chi connectivity index (χ2n) is 6.70. The number of rotatable bonds is 8. The lowest BCUT2D eigenvalue weighted by Gasteiger charge is -2.11. The maximum Gasteiger partial charge on any atom is 0.253 e. The molecule has 0 saturated carbocycles. The molecule has 1 aromatic carbocycles. The number of aromatic nitrogens is 1. The Morgan fingerprint density at radius 1 is 1.15 bits per heavy atom. The molecule has 5 heteroatoms. The minimum Gasteiger partial charge on any atom is -0.467 e. The molecule has 0 unspecified atom stereocenters. The van der Waals surface area contributed by atoms with Crippen molar-refractivity contribution >= 4 is 5.91 Å². The summed E-state index contributed by atoms with van der Waals surface area (Å²) >= 11 is 0. The summed E-state index contributed by atoms with van der Waals surface area (Å²) in [5.74, 6) is 0.760. The molecule has 3 aromatic rings. The van der Waals surface area contributed by atoms with E-state index in [0.29, 0.717) is 25.3 Å². The van der Waals surface area contributed by atoms with Crippen molar-refractivity contribution in [1.29, 1.82) is 0 Å². The van der Waals surface area contributed by atoms with E-state index in [1.165, 1.54) is 5.56 Å². The lowest BCUT2D eigenvalue weighted by Crippen LogP contribution is -2.25. The van der Waals surface area contributed by atoms with Crippen LogP contribution in [0.5, 0.6) is 0 Å². The Hall–Kier alpha value is -2.79. The molecule has 0 radical (unpaired) electrons. The minimum atomic E-state index is -0.0481. The van der Waals surface area contributed by atoms with E-state index < -0.39 is 0 Å². The Kier molecular flexibility index (Phi) is 6.14. The van der Waals surface area contributed by atoms with Crippen LogP contribution in [-0.2, 0) is 11.3 Å². The zero-order chi connectivity index (χ0) is 19.2. The SMILES string of the molecule is Cc1cccc(-n2c(C)cc(C(=O)NCCCOCc3ccco3)c2C)c1. The molecule has 1 N–H and O–H groups in total. The molecule has 0 spiro atoms. The van der Waals surface area contributed by atoms with Gasteiger partial charge in [-0.05, 0) is 63.1 Å². The molecule has 27 heavy (non-hydrogen) atoms. The third-order valence-electron chi connectivity index (χ3n) is 4.51. The van der Waals surface area contributed by atoms with Gasteiger partial charge in [-0.2, -0.15) is 0 Å². The molecule has 2 heterocycles. The monoisotopic (exact) mass is 366 g/mol. The summed E-state index contributed by atoms with van der Waals surface area (Å²) in [5, 5.41) is 2.98. The van der Waals surface area contributed by atoms with Gasteiger partial charge in [0.25, 0.3) is 5.91 Å². The fourth-order valence-corrected chi connectivity index (χ4v) is 3.20. The number of furan rings is 1. The summed E-state index contributed by atoms with van der Waals surface area (Å²) in [6, 6.07) is 14.0. The standard InChI is InChI=1S/C22H26N2O3/c1-16-7-4-8-19(13-16)24-17(2)14-21(18(24)3)22(25)23-10-6-11-26-15-20-9-5-12-27-20/h4-5,7-9,12-14H,6,10-11,15H2,1-3H3,(H,23,25). The fraction of sp³-hybridized carbons (Fsp3) is 0.318. The van der Waals surface area contributed by atoms with Crippen molar-refractivity contribution in [3.05, 3.63) is 77.0 Å². The van der Waals surface area contributed by atoms with Crippen LogP contribution in [0.1, 0.15) is 39.5 Å². The molecular formula is C22H26N2O3. The van der Waals surface area contributed by atoms with Gasteiger partial charge in [-0.3, -0.25) is 4.79 Å². The van der Waals surface area contributed by atoms with E-state index in [2.05, 4.69) is 35.0 Å². The van der Waals surface area contributed by atoms with Crippen molar-refractivity contribution < 1.29 is 13.9 Å². The van der Waals surface area contributed by atoms with E-state index in [-0.39, 0.29) is 5.91 Å². The fourth-order valence-electron chi connectivity index (χ4n) is 3.20. The van der Waals surface area contributed by atoms with Gasteiger partial charge in [-0.1, -0.05) is 12.1 Å². The second kappa shape index (κ2) is 8.73. The van der Waals surface area contributed by atoms with Gasteiger partial charge < -0.3 is 19.0 Å². The number of carbonyl (C=O) groups is 1. The van der Waals surface area contributed by atoms with Gasteiger partial charge in [0.15, 0.2) is 0 Å². The maximum atomic E-state index is 12.6. The average Bonchev–Trinajstić information content (AvgIpc) is 3.25. The van der Waals surface area contributed by atoms with Crippen LogP contribution in [0.2, 0.25) is 0 Å². The zero-order valence-electron chi connectivity index (χ0n) is 16.1. The maximum absolute atomic E-state index is 12.6. The molecule has 0 aliphatic rings. The van der Waals surface area contributed by atoms with Crippen molar-refractivity contribution in [2.45, 2.75) is 33.8 Å². The number of hydrogen-bond donors (Lipinski definition) is 1. The van der Waals surface area contributed by atoms with Gasteiger partial charge in [-0.15, -0.1) is 0 Å². The normalized spacial score (nSPS) is 10.9. The summed E-state index contributed by atoms with van der Waals surface area (Å²) in [7, 11) is 0. The molecule has 0 saturated heterocycles. The molecule has 0 aliphatic carbocycles. The van der Waals surface area contributed by atoms with Crippen molar-refractivity contribution in [2.75, 3.05) is 13.2 Å². The average molecular weight is 366 g/mol. The number of ether oxygens (including phenoxy) is 1. The summed E-state index contributed by atoms with van der Waals surface area (Å²) in [4.78, 5) is 12.6. The lowest BCUT2D eigenvalue weighted by molar-refractivity contribution is 0.0916. The lowest BCUT2D eigenvalue weighted by atomic mass is 10.2. The molecule has 3 rings (SSSR count). The van der Waals surface area contributed by atoms with E-state index in [1.807, 2.05) is 38.1 Å². The Morgan fingerprint density at radius 3 is 2.74 bits per heavy atom. The summed E-state index contributed by atoms with van der Waals surface area (Å²) < 4.78 is 12.9. The molecule has 0 bridgehead atoms. The highest BCUT2D eigenvalue weighted by molar-refractivity contribution is 5.95. The highest BCUT2D eigenvalue weighted by atomic mass is 16.5. The summed E-state index contributed by atoms with van der Waals surface area (Å²) in [6.07, 6.45) is 2.38. The Bertz CT molecular complexity index is 894. The Balaban J connectivity index is 1.53. The molecule has 0 fully saturated rings. The largest absolute Gasteiger partial charge is 0.467 e. The Morgan fingerprint density at radius 2 is 2.00 bits per heavy atom. The first-order valence-corrected chi connectivity index (χ1v) is 9.20. The van der Waals surface area contributed by atoms with Crippen molar-refractivity contribution in [3.8, 4) is 5.69 Å². The van der Waals surface area contributed by atoms with Crippen LogP contribution in [0.15, 0.2) is 53.1 Å². The van der Waals surface area contributed by atoms with Crippen molar-refractivity contribution in [2.24, 2.45) is 0 Å². The third-order valence-corrected chi connectivity index (χ3v) is 4.51. The molecule has 0 aliphatic heterocycles. The van der Waals surface area contributed by atoms with Crippen LogP contribution >= 0.6 is 0 Å². The molecule has 2 aromatic heterocycles. The number of amides is 1. The molecule has 0 atom stereocenters. The quantitative estimate of drug-likeness (QED) is 0.604. The van der Waals surface area contributed by atoms with Crippen LogP contribution in [0.3, 0.4) is 0 Å². The van der Waals surface area contributed by atoms with Gasteiger partial charge in [0, 0.05) is 30.2 Å². The first-order valence-electron chi connectivity index (χ1n) is 9.20. The number of nitrogens with one attached hydrogen (secondary N) is 1. The zero-order valence-corrected chi connectivity index (χ0v) is 16.1.